The smallest absolute Gasteiger partial charge is 0.251 e. The fourth-order valence-corrected chi connectivity index (χ4v) is 0.803. The first-order chi connectivity index (χ1) is 5.17. The van der Waals surface area contributed by atoms with Crippen molar-refractivity contribution in [1.29, 1.82) is 0 Å². The number of terminal acetylenes is 1. The number of hydrogen-bond acceptors (Lipinski definition) is 2. The summed E-state index contributed by atoms with van der Waals surface area (Å²) < 4.78 is 0. The van der Waals surface area contributed by atoms with Crippen LogP contribution in [0.2, 0.25) is 0 Å². The molecule has 1 unspecified atom stereocenters. The fourth-order valence-electron chi connectivity index (χ4n) is 0.803. The Morgan fingerprint density at radius 1 is 1.64 bits per heavy atom. The topological polar surface area (TPSA) is 46.3 Å². The van der Waals surface area contributed by atoms with Crippen LogP contribution in [0.5, 0.6) is 0 Å². The molecule has 0 rings (SSSR count). The van der Waals surface area contributed by atoms with Gasteiger partial charge in [0.2, 0.25) is 0 Å². The molecule has 0 aliphatic carbocycles. The van der Waals surface area contributed by atoms with Crippen molar-refractivity contribution in [2.24, 2.45) is 5.73 Å². The molecule has 0 saturated heterocycles. The van der Waals surface area contributed by atoms with Gasteiger partial charge in [-0.2, -0.15) is 0 Å². The van der Waals surface area contributed by atoms with Crippen molar-refractivity contribution in [2.45, 2.75) is 19.9 Å². The van der Waals surface area contributed by atoms with E-state index in [-0.39, 0.29) is 5.91 Å². The highest BCUT2D eigenvalue weighted by Gasteiger charge is 2.15. The van der Waals surface area contributed by atoms with Crippen molar-refractivity contribution in [3.63, 3.8) is 0 Å². The molecule has 0 heterocycles. The molecule has 0 aliphatic rings. The minimum Gasteiger partial charge on any atom is -0.341 e. The number of amides is 1. The molecule has 1 amide bonds. The Hall–Kier alpha value is -1.01. The summed E-state index contributed by atoms with van der Waals surface area (Å²) in [5, 5.41) is 0. The number of carbonyl (C=O) groups is 1. The normalized spacial score (nSPS) is 11.8. The number of rotatable bonds is 3. The molecule has 0 aromatic carbocycles. The quantitative estimate of drug-likeness (QED) is 0.573. The molecule has 0 spiro atoms. The van der Waals surface area contributed by atoms with Gasteiger partial charge in [0.15, 0.2) is 0 Å². The highest BCUT2D eigenvalue weighted by Crippen LogP contribution is 1.91. The first-order valence-electron chi connectivity index (χ1n) is 3.67. The Kier molecular flexibility index (Phi) is 4.32. The number of hydrogen-bond donors (Lipinski definition) is 1. The van der Waals surface area contributed by atoms with Crippen LogP contribution in [-0.2, 0) is 4.79 Å². The van der Waals surface area contributed by atoms with E-state index in [4.69, 9.17) is 12.2 Å². The van der Waals surface area contributed by atoms with Crippen LogP contribution in [-0.4, -0.2) is 29.9 Å². The fraction of sp³-hybridized carbons (Fsp3) is 0.625. The summed E-state index contributed by atoms with van der Waals surface area (Å²) in [4.78, 5) is 12.8. The van der Waals surface area contributed by atoms with Gasteiger partial charge < -0.3 is 10.6 Å². The van der Waals surface area contributed by atoms with Gasteiger partial charge in [0.1, 0.15) is 6.04 Å². The van der Waals surface area contributed by atoms with E-state index in [2.05, 4.69) is 5.92 Å². The lowest BCUT2D eigenvalue weighted by molar-refractivity contribution is -0.130. The summed E-state index contributed by atoms with van der Waals surface area (Å²) in [6, 6.07) is -0.783. The Morgan fingerprint density at radius 3 is 2.36 bits per heavy atom. The molecule has 2 N–H and O–H groups in total. The van der Waals surface area contributed by atoms with Gasteiger partial charge in [0, 0.05) is 13.1 Å². The van der Waals surface area contributed by atoms with Gasteiger partial charge >= 0.3 is 0 Å². The van der Waals surface area contributed by atoms with Crippen LogP contribution in [0, 0.1) is 12.3 Å². The molecule has 0 aromatic heterocycles. The summed E-state index contributed by atoms with van der Waals surface area (Å²) in [5.74, 6) is 2.03. The first kappa shape index (κ1) is 9.99. The van der Waals surface area contributed by atoms with Crippen LogP contribution >= 0.6 is 0 Å². The zero-order chi connectivity index (χ0) is 8.85. The van der Waals surface area contributed by atoms with Crippen LogP contribution in [0.4, 0.5) is 0 Å². The molecular weight excluding hydrogens is 140 g/mol. The van der Waals surface area contributed by atoms with Crippen molar-refractivity contribution in [1.82, 2.24) is 4.90 Å². The third-order valence-electron chi connectivity index (χ3n) is 1.52. The van der Waals surface area contributed by atoms with Crippen LogP contribution in [0.25, 0.3) is 0 Å². The lowest BCUT2D eigenvalue weighted by Gasteiger charge is -2.19. The molecule has 0 radical (unpaired) electrons. The van der Waals surface area contributed by atoms with Crippen LogP contribution in [0.3, 0.4) is 0 Å². The minimum atomic E-state index is -0.783. The van der Waals surface area contributed by atoms with Gasteiger partial charge in [-0.15, -0.1) is 6.42 Å². The molecule has 11 heavy (non-hydrogen) atoms. The lowest BCUT2D eigenvalue weighted by atomic mass is 10.3. The van der Waals surface area contributed by atoms with Gasteiger partial charge in [0.25, 0.3) is 5.91 Å². The van der Waals surface area contributed by atoms with Gasteiger partial charge in [-0.3, -0.25) is 4.79 Å². The Balaban J connectivity index is 4.11. The molecule has 3 nitrogen and oxygen atoms in total. The second-order valence-corrected chi connectivity index (χ2v) is 2.15. The maximum absolute atomic E-state index is 11.2. The maximum Gasteiger partial charge on any atom is 0.251 e. The Morgan fingerprint density at radius 2 is 2.09 bits per heavy atom. The van der Waals surface area contributed by atoms with E-state index in [0.717, 1.165) is 0 Å². The highest BCUT2D eigenvalue weighted by molar-refractivity contribution is 5.84. The zero-order valence-corrected chi connectivity index (χ0v) is 7.00. The third kappa shape index (κ3) is 2.60. The molecule has 0 aromatic rings. The monoisotopic (exact) mass is 154 g/mol. The van der Waals surface area contributed by atoms with Gasteiger partial charge in [-0.05, 0) is 13.8 Å². The van der Waals surface area contributed by atoms with E-state index >= 15 is 0 Å². The average Bonchev–Trinajstić information content (AvgIpc) is 2.05. The largest absolute Gasteiger partial charge is 0.341 e. The summed E-state index contributed by atoms with van der Waals surface area (Å²) in [6.07, 6.45) is 5.00. The first-order valence-corrected chi connectivity index (χ1v) is 3.67. The van der Waals surface area contributed by atoms with Crippen LogP contribution in [0.15, 0.2) is 0 Å². The van der Waals surface area contributed by atoms with E-state index in [1.54, 1.807) is 4.90 Å². The van der Waals surface area contributed by atoms with E-state index in [1.165, 1.54) is 0 Å². The molecule has 3 heteroatoms. The van der Waals surface area contributed by atoms with Crippen molar-refractivity contribution in [2.75, 3.05) is 13.1 Å². The van der Waals surface area contributed by atoms with E-state index in [1.807, 2.05) is 13.8 Å². The van der Waals surface area contributed by atoms with Crippen molar-refractivity contribution in [3.8, 4) is 12.3 Å². The summed E-state index contributed by atoms with van der Waals surface area (Å²) in [5.41, 5.74) is 5.34. The molecular formula is C8H14N2O. The third-order valence-corrected chi connectivity index (χ3v) is 1.52. The summed E-state index contributed by atoms with van der Waals surface area (Å²) in [6.45, 7) is 5.10. The standard InChI is InChI=1S/C8H14N2O/c1-4-7(9)8(11)10(5-2)6-3/h1,7H,5-6,9H2,2-3H3. The average molecular weight is 154 g/mol. The van der Waals surface area contributed by atoms with Crippen molar-refractivity contribution < 1.29 is 4.79 Å². The number of nitrogens with zero attached hydrogens (tertiary/aromatic N) is 1. The van der Waals surface area contributed by atoms with Crippen molar-refractivity contribution in [3.05, 3.63) is 0 Å². The van der Waals surface area contributed by atoms with Gasteiger partial charge in [-0.1, -0.05) is 5.92 Å². The number of carbonyl (C=O) groups excluding carboxylic acids is 1. The maximum atomic E-state index is 11.2. The molecule has 0 saturated carbocycles. The summed E-state index contributed by atoms with van der Waals surface area (Å²) in [7, 11) is 0. The molecule has 62 valence electrons. The van der Waals surface area contributed by atoms with Crippen LogP contribution in [0.1, 0.15) is 13.8 Å². The molecule has 0 fully saturated rings. The second-order valence-electron chi connectivity index (χ2n) is 2.15. The van der Waals surface area contributed by atoms with Gasteiger partial charge in [-0.25, -0.2) is 0 Å². The Bertz CT molecular complexity index is 167. The highest BCUT2D eigenvalue weighted by atomic mass is 16.2. The molecule has 0 bridgehead atoms. The van der Waals surface area contributed by atoms with E-state index < -0.39 is 6.04 Å². The van der Waals surface area contributed by atoms with Gasteiger partial charge in [0.05, 0.1) is 0 Å². The molecule has 0 aliphatic heterocycles. The SMILES string of the molecule is C#CC(N)C(=O)N(CC)CC. The minimum absolute atomic E-state index is 0.169. The Labute approximate surface area is 67.6 Å². The predicted molar refractivity (Wildman–Crippen MR) is 44.7 cm³/mol. The molecule has 1 atom stereocenters. The van der Waals surface area contributed by atoms with E-state index in [9.17, 15) is 4.79 Å². The van der Waals surface area contributed by atoms with Crippen LogP contribution < -0.4 is 5.73 Å². The van der Waals surface area contributed by atoms with E-state index in [0.29, 0.717) is 13.1 Å². The number of nitrogens with two attached hydrogens (primary N) is 1. The lowest BCUT2D eigenvalue weighted by Crippen LogP contribution is -2.42. The van der Waals surface area contributed by atoms with Crippen molar-refractivity contribution >= 4 is 5.91 Å². The number of likely N-dealkylation sites (N-methyl/N-ethyl adjacent to an activating group) is 1. The predicted octanol–water partition coefficient (Wildman–Crippen LogP) is -0.185. The second kappa shape index (κ2) is 4.75. The summed E-state index contributed by atoms with van der Waals surface area (Å²) >= 11 is 0. The zero-order valence-electron chi connectivity index (χ0n) is 7.00.